The van der Waals surface area contributed by atoms with Crippen LogP contribution in [0.5, 0.6) is 5.75 Å². The standard InChI is InChI=1S/C16H28N2O/c1-6-10-17-13(2)11-14(3)19-16-9-7-8-15(12-16)18(4)5/h7-9,12-14,17H,6,10-11H2,1-5H3. The van der Waals surface area contributed by atoms with Gasteiger partial charge in [0.05, 0.1) is 6.10 Å². The second-order valence-electron chi connectivity index (χ2n) is 5.41. The topological polar surface area (TPSA) is 24.5 Å². The number of hydrogen-bond donors (Lipinski definition) is 1. The van der Waals surface area contributed by atoms with Gasteiger partial charge in [-0.25, -0.2) is 0 Å². The zero-order chi connectivity index (χ0) is 14.3. The minimum absolute atomic E-state index is 0.219. The first kappa shape index (κ1) is 15.8. The summed E-state index contributed by atoms with van der Waals surface area (Å²) in [6.45, 7) is 7.61. The number of nitrogens with one attached hydrogen (secondary N) is 1. The van der Waals surface area contributed by atoms with Crippen molar-refractivity contribution < 1.29 is 4.74 Å². The third kappa shape index (κ3) is 5.97. The SMILES string of the molecule is CCCNC(C)CC(C)Oc1cccc(N(C)C)c1. The van der Waals surface area contributed by atoms with E-state index in [4.69, 9.17) is 4.74 Å². The first-order valence-electron chi connectivity index (χ1n) is 7.20. The van der Waals surface area contributed by atoms with E-state index in [-0.39, 0.29) is 6.10 Å². The van der Waals surface area contributed by atoms with Gasteiger partial charge in [-0.15, -0.1) is 0 Å². The van der Waals surface area contributed by atoms with Crippen molar-refractivity contribution in [3.63, 3.8) is 0 Å². The molecule has 108 valence electrons. The number of ether oxygens (including phenoxy) is 1. The molecule has 0 saturated heterocycles. The summed E-state index contributed by atoms with van der Waals surface area (Å²) in [5.74, 6) is 0.946. The Morgan fingerprint density at radius 1 is 1.26 bits per heavy atom. The lowest BCUT2D eigenvalue weighted by Crippen LogP contribution is -2.31. The van der Waals surface area contributed by atoms with Crippen molar-refractivity contribution in [2.24, 2.45) is 0 Å². The van der Waals surface area contributed by atoms with Crippen LogP contribution in [0.2, 0.25) is 0 Å². The van der Waals surface area contributed by atoms with Crippen molar-refractivity contribution in [2.45, 2.75) is 45.8 Å². The van der Waals surface area contributed by atoms with E-state index in [2.05, 4.69) is 43.1 Å². The highest BCUT2D eigenvalue weighted by atomic mass is 16.5. The van der Waals surface area contributed by atoms with E-state index in [1.54, 1.807) is 0 Å². The molecule has 0 aliphatic carbocycles. The van der Waals surface area contributed by atoms with Crippen LogP contribution in [0.3, 0.4) is 0 Å². The van der Waals surface area contributed by atoms with Crippen LogP contribution in [-0.2, 0) is 0 Å². The normalized spacial score (nSPS) is 13.9. The summed E-state index contributed by atoms with van der Waals surface area (Å²) in [5.41, 5.74) is 1.17. The molecular formula is C16H28N2O. The molecule has 1 rings (SSSR count). The van der Waals surface area contributed by atoms with E-state index in [9.17, 15) is 0 Å². The van der Waals surface area contributed by atoms with Gasteiger partial charge >= 0.3 is 0 Å². The Balaban J connectivity index is 2.47. The third-order valence-corrected chi connectivity index (χ3v) is 3.10. The van der Waals surface area contributed by atoms with E-state index in [1.165, 1.54) is 12.1 Å². The largest absolute Gasteiger partial charge is 0.491 e. The van der Waals surface area contributed by atoms with Crippen LogP contribution in [0.25, 0.3) is 0 Å². The van der Waals surface area contributed by atoms with Crippen molar-refractivity contribution in [1.82, 2.24) is 5.32 Å². The molecule has 0 spiro atoms. The molecule has 0 heterocycles. The molecule has 0 aromatic heterocycles. The molecule has 0 bridgehead atoms. The van der Waals surface area contributed by atoms with E-state index < -0.39 is 0 Å². The smallest absolute Gasteiger partial charge is 0.121 e. The Kier molecular flexibility index (Phi) is 6.71. The van der Waals surface area contributed by atoms with Gasteiger partial charge in [-0.3, -0.25) is 0 Å². The van der Waals surface area contributed by atoms with Gasteiger partial charge in [0.15, 0.2) is 0 Å². The summed E-state index contributed by atoms with van der Waals surface area (Å²) < 4.78 is 5.99. The highest BCUT2D eigenvalue weighted by molar-refractivity contribution is 5.49. The summed E-state index contributed by atoms with van der Waals surface area (Å²) >= 11 is 0. The van der Waals surface area contributed by atoms with E-state index in [0.717, 1.165) is 18.7 Å². The van der Waals surface area contributed by atoms with Crippen LogP contribution in [0, 0.1) is 0 Å². The maximum Gasteiger partial charge on any atom is 0.121 e. The molecule has 3 heteroatoms. The van der Waals surface area contributed by atoms with Gasteiger partial charge in [-0.2, -0.15) is 0 Å². The monoisotopic (exact) mass is 264 g/mol. The van der Waals surface area contributed by atoms with E-state index in [0.29, 0.717) is 6.04 Å². The predicted molar refractivity (Wildman–Crippen MR) is 83.2 cm³/mol. The molecule has 0 aliphatic heterocycles. The fourth-order valence-corrected chi connectivity index (χ4v) is 2.09. The van der Waals surface area contributed by atoms with Gasteiger partial charge < -0.3 is 15.0 Å². The van der Waals surface area contributed by atoms with Crippen LogP contribution < -0.4 is 15.0 Å². The molecule has 0 saturated carbocycles. The van der Waals surface area contributed by atoms with Gasteiger partial charge in [0.1, 0.15) is 5.75 Å². The molecule has 2 unspecified atom stereocenters. The second-order valence-corrected chi connectivity index (χ2v) is 5.41. The fourth-order valence-electron chi connectivity index (χ4n) is 2.09. The molecule has 0 fully saturated rings. The Morgan fingerprint density at radius 3 is 2.63 bits per heavy atom. The van der Waals surface area contributed by atoms with Crippen molar-refractivity contribution in [3.05, 3.63) is 24.3 Å². The second kappa shape index (κ2) is 8.05. The lowest BCUT2D eigenvalue weighted by Gasteiger charge is -2.21. The van der Waals surface area contributed by atoms with Crippen molar-refractivity contribution in [3.8, 4) is 5.75 Å². The summed E-state index contributed by atoms with van der Waals surface area (Å²) in [5, 5.41) is 3.49. The molecular weight excluding hydrogens is 236 g/mol. The van der Waals surface area contributed by atoms with Crippen LogP contribution >= 0.6 is 0 Å². The number of rotatable bonds is 8. The summed E-state index contributed by atoms with van der Waals surface area (Å²) in [4.78, 5) is 2.09. The summed E-state index contributed by atoms with van der Waals surface area (Å²) in [6.07, 6.45) is 2.41. The van der Waals surface area contributed by atoms with Crippen LogP contribution in [0.15, 0.2) is 24.3 Å². The number of hydrogen-bond acceptors (Lipinski definition) is 3. The maximum atomic E-state index is 5.99. The lowest BCUT2D eigenvalue weighted by atomic mass is 10.1. The molecule has 2 atom stereocenters. The average molecular weight is 264 g/mol. The van der Waals surface area contributed by atoms with Crippen LogP contribution in [0.1, 0.15) is 33.6 Å². The van der Waals surface area contributed by atoms with Gasteiger partial charge in [-0.05, 0) is 45.4 Å². The zero-order valence-corrected chi connectivity index (χ0v) is 12.9. The number of nitrogens with zero attached hydrogens (tertiary/aromatic N) is 1. The molecule has 1 aromatic carbocycles. The Hall–Kier alpha value is -1.22. The molecule has 0 radical (unpaired) electrons. The average Bonchev–Trinajstić information content (AvgIpc) is 2.36. The zero-order valence-electron chi connectivity index (χ0n) is 12.9. The van der Waals surface area contributed by atoms with Gasteiger partial charge in [-0.1, -0.05) is 13.0 Å². The Bertz CT molecular complexity index is 366. The highest BCUT2D eigenvalue weighted by Gasteiger charge is 2.10. The quantitative estimate of drug-likeness (QED) is 0.779. The lowest BCUT2D eigenvalue weighted by molar-refractivity contribution is 0.196. The van der Waals surface area contributed by atoms with Crippen LogP contribution in [-0.4, -0.2) is 32.8 Å². The van der Waals surface area contributed by atoms with E-state index in [1.807, 2.05) is 26.2 Å². The minimum atomic E-state index is 0.219. The first-order chi connectivity index (χ1) is 9.02. The maximum absolute atomic E-state index is 5.99. The Labute approximate surface area is 118 Å². The highest BCUT2D eigenvalue weighted by Crippen LogP contribution is 2.21. The number of benzene rings is 1. The van der Waals surface area contributed by atoms with Gasteiger partial charge in [0.2, 0.25) is 0 Å². The minimum Gasteiger partial charge on any atom is -0.491 e. The Morgan fingerprint density at radius 2 is 2.00 bits per heavy atom. The van der Waals surface area contributed by atoms with Gasteiger partial charge in [0.25, 0.3) is 0 Å². The van der Waals surface area contributed by atoms with Crippen LogP contribution in [0.4, 0.5) is 5.69 Å². The molecule has 1 aromatic rings. The van der Waals surface area contributed by atoms with Crippen molar-refractivity contribution in [1.29, 1.82) is 0 Å². The molecule has 3 nitrogen and oxygen atoms in total. The molecule has 0 aliphatic rings. The third-order valence-electron chi connectivity index (χ3n) is 3.10. The fraction of sp³-hybridized carbons (Fsp3) is 0.625. The van der Waals surface area contributed by atoms with E-state index >= 15 is 0 Å². The first-order valence-corrected chi connectivity index (χ1v) is 7.20. The van der Waals surface area contributed by atoms with Gasteiger partial charge in [0, 0.05) is 31.9 Å². The number of anilines is 1. The van der Waals surface area contributed by atoms with Crippen molar-refractivity contribution >= 4 is 5.69 Å². The molecule has 1 N–H and O–H groups in total. The molecule has 19 heavy (non-hydrogen) atoms. The summed E-state index contributed by atoms with van der Waals surface area (Å²) in [7, 11) is 4.08. The predicted octanol–water partition coefficient (Wildman–Crippen LogP) is 3.30. The molecule has 0 amide bonds. The summed E-state index contributed by atoms with van der Waals surface area (Å²) in [6, 6.07) is 8.72. The van der Waals surface area contributed by atoms with Crippen molar-refractivity contribution in [2.75, 3.05) is 25.5 Å².